The van der Waals surface area contributed by atoms with Crippen LogP contribution in [0, 0.1) is 6.92 Å². The second kappa shape index (κ2) is 8.72. The first kappa shape index (κ1) is 18.3. The molecule has 0 aliphatic rings. The number of rotatable bonds is 7. The van der Waals surface area contributed by atoms with Gasteiger partial charge >= 0.3 is 0 Å². The number of fused-ring (bicyclic) bond motifs is 1. The number of pyridine rings is 1. The van der Waals surface area contributed by atoms with Gasteiger partial charge in [0, 0.05) is 23.2 Å². The third kappa shape index (κ3) is 4.76. The molecule has 0 fully saturated rings. The van der Waals surface area contributed by atoms with Gasteiger partial charge in [-0.25, -0.2) is 4.98 Å². The van der Waals surface area contributed by atoms with Crippen LogP contribution in [0.25, 0.3) is 10.9 Å². The molecule has 0 aliphatic heterocycles. The molecule has 0 atom stereocenters. The summed E-state index contributed by atoms with van der Waals surface area (Å²) in [5.41, 5.74) is 2.98. The summed E-state index contributed by atoms with van der Waals surface area (Å²) < 4.78 is 5.40. The number of amides is 1. The van der Waals surface area contributed by atoms with Crippen LogP contribution in [0.1, 0.15) is 18.9 Å². The molecule has 1 amide bonds. The normalized spacial score (nSPS) is 10.7. The van der Waals surface area contributed by atoms with E-state index in [-0.39, 0.29) is 5.91 Å². The minimum absolute atomic E-state index is 0.000768. The fourth-order valence-corrected chi connectivity index (χ4v) is 3.59. The van der Waals surface area contributed by atoms with Gasteiger partial charge in [-0.15, -0.1) is 11.8 Å². The zero-order chi connectivity index (χ0) is 18.4. The molecule has 1 N–H and O–H groups in total. The van der Waals surface area contributed by atoms with Gasteiger partial charge in [0.25, 0.3) is 0 Å². The van der Waals surface area contributed by atoms with E-state index >= 15 is 0 Å². The summed E-state index contributed by atoms with van der Waals surface area (Å²) >= 11 is 1.61. The smallest absolute Gasteiger partial charge is 0.225 e. The topological polar surface area (TPSA) is 51.2 Å². The third-order valence-electron chi connectivity index (χ3n) is 3.93. The number of ether oxygens (including phenoxy) is 1. The van der Waals surface area contributed by atoms with Crippen molar-refractivity contribution in [1.29, 1.82) is 0 Å². The van der Waals surface area contributed by atoms with Crippen LogP contribution in [0.4, 0.5) is 5.69 Å². The SMILES string of the molecule is CCOc1ccc(NC(=O)CCSc2cc(C)c3ccccc3n2)cc1. The maximum Gasteiger partial charge on any atom is 0.225 e. The van der Waals surface area contributed by atoms with E-state index in [4.69, 9.17) is 4.74 Å². The lowest BCUT2D eigenvalue weighted by molar-refractivity contribution is -0.115. The van der Waals surface area contributed by atoms with E-state index in [0.717, 1.165) is 22.0 Å². The van der Waals surface area contributed by atoms with Crippen LogP contribution in [0.2, 0.25) is 0 Å². The second-order valence-corrected chi connectivity index (χ2v) is 7.01. The number of hydrogen-bond donors (Lipinski definition) is 1. The van der Waals surface area contributed by atoms with Crippen LogP contribution in [-0.2, 0) is 4.79 Å². The molecule has 0 spiro atoms. The molecule has 5 heteroatoms. The number of carbonyl (C=O) groups is 1. The lowest BCUT2D eigenvalue weighted by atomic mass is 10.1. The fourth-order valence-electron chi connectivity index (χ4n) is 2.67. The number of nitrogens with zero attached hydrogens (tertiary/aromatic N) is 1. The van der Waals surface area contributed by atoms with Crippen molar-refractivity contribution < 1.29 is 9.53 Å². The molecule has 26 heavy (non-hydrogen) atoms. The maximum atomic E-state index is 12.1. The maximum absolute atomic E-state index is 12.1. The summed E-state index contributed by atoms with van der Waals surface area (Å²) in [4.78, 5) is 16.8. The van der Waals surface area contributed by atoms with Crippen molar-refractivity contribution in [2.24, 2.45) is 0 Å². The predicted octanol–water partition coefficient (Wildman–Crippen LogP) is 5.06. The van der Waals surface area contributed by atoms with Crippen molar-refractivity contribution in [3.05, 3.63) is 60.2 Å². The first-order valence-corrected chi connectivity index (χ1v) is 9.66. The summed E-state index contributed by atoms with van der Waals surface area (Å²) in [5, 5.41) is 5.04. The Kier molecular flexibility index (Phi) is 6.12. The minimum Gasteiger partial charge on any atom is -0.494 e. The van der Waals surface area contributed by atoms with E-state index in [9.17, 15) is 4.79 Å². The van der Waals surface area contributed by atoms with E-state index in [1.165, 1.54) is 10.9 Å². The summed E-state index contributed by atoms with van der Waals surface area (Å²) in [5.74, 6) is 1.49. The highest BCUT2D eigenvalue weighted by Gasteiger charge is 2.06. The largest absolute Gasteiger partial charge is 0.494 e. The van der Waals surface area contributed by atoms with Crippen LogP contribution in [-0.4, -0.2) is 23.3 Å². The molecule has 1 aromatic heterocycles. The van der Waals surface area contributed by atoms with Gasteiger partial charge in [-0.2, -0.15) is 0 Å². The highest BCUT2D eigenvalue weighted by Crippen LogP contribution is 2.24. The Morgan fingerprint density at radius 1 is 1.15 bits per heavy atom. The number of aromatic nitrogens is 1. The first-order valence-electron chi connectivity index (χ1n) is 8.67. The Morgan fingerprint density at radius 2 is 1.92 bits per heavy atom. The zero-order valence-corrected chi connectivity index (χ0v) is 15.8. The number of nitrogens with one attached hydrogen (secondary N) is 1. The standard InChI is InChI=1S/C21H22N2O2S/c1-3-25-17-10-8-16(9-11-17)22-20(24)12-13-26-21-14-15(2)18-6-4-5-7-19(18)23-21/h4-11,14H,3,12-13H2,1-2H3,(H,22,24). The number of para-hydroxylation sites is 1. The minimum atomic E-state index is -0.000768. The molecule has 1 heterocycles. The molecular formula is C21H22N2O2S. The zero-order valence-electron chi connectivity index (χ0n) is 15.0. The van der Waals surface area contributed by atoms with Gasteiger partial charge in [-0.1, -0.05) is 18.2 Å². The fraction of sp³-hybridized carbons (Fsp3) is 0.238. The Balaban J connectivity index is 1.52. The Labute approximate surface area is 158 Å². The molecule has 0 unspecified atom stereocenters. The molecule has 0 aliphatic carbocycles. The molecule has 3 rings (SSSR count). The molecule has 0 saturated heterocycles. The van der Waals surface area contributed by atoms with Gasteiger partial charge in [0.1, 0.15) is 5.75 Å². The molecule has 0 bridgehead atoms. The summed E-state index contributed by atoms with van der Waals surface area (Å²) in [7, 11) is 0. The average molecular weight is 366 g/mol. The van der Waals surface area contributed by atoms with Gasteiger partial charge in [-0.3, -0.25) is 4.79 Å². The molecule has 2 aromatic carbocycles. The third-order valence-corrected chi connectivity index (χ3v) is 4.84. The van der Waals surface area contributed by atoms with Crippen LogP contribution < -0.4 is 10.1 Å². The van der Waals surface area contributed by atoms with E-state index in [2.05, 4.69) is 29.4 Å². The quantitative estimate of drug-likeness (QED) is 0.594. The number of benzene rings is 2. The van der Waals surface area contributed by atoms with E-state index < -0.39 is 0 Å². The average Bonchev–Trinajstić information content (AvgIpc) is 2.64. The molecule has 0 saturated carbocycles. The second-order valence-electron chi connectivity index (χ2n) is 5.90. The highest BCUT2D eigenvalue weighted by atomic mass is 32.2. The van der Waals surface area contributed by atoms with Gasteiger partial charge in [0.15, 0.2) is 0 Å². The van der Waals surface area contributed by atoms with E-state index in [1.54, 1.807) is 11.8 Å². The van der Waals surface area contributed by atoms with Gasteiger partial charge in [-0.05, 0) is 55.8 Å². The summed E-state index contributed by atoms with van der Waals surface area (Å²) in [6.07, 6.45) is 0.436. The monoisotopic (exact) mass is 366 g/mol. The number of carbonyl (C=O) groups excluding carboxylic acids is 1. The first-order chi connectivity index (χ1) is 12.7. The molecular weight excluding hydrogens is 344 g/mol. The molecule has 0 radical (unpaired) electrons. The van der Waals surface area contributed by atoms with Gasteiger partial charge in [0.2, 0.25) is 5.91 Å². The number of thioether (sulfide) groups is 1. The Hall–Kier alpha value is -2.53. The van der Waals surface area contributed by atoms with Crippen molar-refractivity contribution in [3.8, 4) is 5.75 Å². The van der Waals surface area contributed by atoms with Crippen LogP contribution >= 0.6 is 11.8 Å². The highest BCUT2D eigenvalue weighted by molar-refractivity contribution is 7.99. The van der Waals surface area contributed by atoms with E-state index in [1.807, 2.05) is 49.4 Å². The Morgan fingerprint density at radius 3 is 2.69 bits per heavy atom. The number of hydrogen-bond acceptors (Lipinski definition) is 4. The number of anilines is 1. The summed E-state index contributed by atoms with van der Waals surface area (Å²) in [6, 6.07) is 17.6. The molecule has 4 nitrogen and oxygen atoms in total. The van der Waals surface area contributed by atoms with Crippen LogP contribution in [0.15, 0.2) is 59.6 Å². The molecule has 3 aromatic rings. The molecule has 134 valence electrons. The van der Waals surface area contributed by atoms with Crippen molar-refractivity contribution in [2.75, 3.05) is 17.7 Å². The van der Waals surface area contributed by atoms with Gasteiger partial charge in [0.05, 0.1) is 17.1 Å². The van der Waals surface area contributed by atoms with Crippen molar-refractivity contribution in [2.45, 2.75) is 25.3 Å². The van der Waals surface area contributed by atoms with Gasteiger partial charge < -0.3 is 10.1 Å². The summed E-state index contributed by atoms with van der Waals surface area (Å²) in [6.45, 7) is 4.66. The Bertz CT molecular complexity index is 894. The van der Waals surface area contributed by atoms with Crippen molar-refractivity contribution >= 4 is 34.3 Å². The van der Waals surface area contributed by atoms with Crippen LogP contribution in [0.3, 0.4) is 0 Å². The lowest BCUT2D eigenvalue weighted by Gasteiger charge is -2.08. The van der Waals surface area contributed by atoms with Crippen molar-refractivity contribution in [1.82, 2.24) is 4.98 Å². The predicted molar refractivity (Wildman–Crippen MR) is 108 cm³/mol. The lowest BCUT2D eigenvalue weighted by Crippen LogP contribution is -2.12. The van der Waals surface area contributed by atoms with E-state index in [0.29, 0.717) is 18.8 Å². The number of aryl methyl sites for hydroxylation is 1. The van der Waals surface area contributed by atoms with Crippen molar-refractivity contribution in [3.63, 3.8) is 0 Å². The van der Waals surface area contributed by atoms with Crippen LogP contribution in [0.5, 0.6) is 5.75 Å².